The number of carbonyl (C=O) groups excluding carboxylic acids is 1. The van der Waals surface area contributed by atoms with E-state index in [0.717, 1.165) is 16.9 Å². The number of aliphatic carboxylic acids is 1. The third kappa shape index (κ3) is 4.28. The molecule has 0 radical (unpaired) electrons. The third-order valence-electron chi connectivity index (χ3n) is 4.69. The molecule has 1 aromatic rings. The van der Waals surface area contributed by atoms with Gasteiger partial charge in [0.15, 0.2) is 6.61 Å². The van der Waals surface area contributed by atoms with Gasteiger partial charge < -0.3 is 14.7 Å². The molecule has 0 saturated carbocycles. The highest BCUT2D eigenvalue weighted by Gasteiger charge is 2.32. The summed E-state index contributed by atoms with van der Waals surface area (Å²) in [6.45, 7) is 8.33. The maximum Gasteiger partial charge on any atom is 0.308 e. The maximum absolute atomic E-state index is 12.5. The van der Waals surface area contributed by atoms with E-state index in [4.69, 9.17) is 4.74 Å². The molecule has 132 valence electrons. The second-order valence-electron chi connectivity index (χ2n) is 6.99. The Balaban J connectivity index is 2.05. The number of hydrogen-bond donors (Lipinski definition) is 1. The Hall–Kier alpha value is -2.04. The summed E-state index contributed by atoms with van der Waals surface area (Å²) in [7, 11) is 0. The minimum Gasteiger partial charge on any atom is -0.483 e. The molecule has 2 atom stereocenters. The third-order valence-corrected chi connectivity index (χ3v) is 4.69. The molecule has 0 spiro atoms. The first kappa shape index (κ1) is 18.3. The van der Waals surface area contributed by atoms with Crippen molar-refractivity contribution in [2.45, 2.75) is 52.5 Å². The molecule has 2 rings (SSSR count). The Morgan fingerprint density at radius 2 is 2.04 bits per heavy atom. The normalized spacial score (nSPS) is 21.0. The Bertz CT molecular complexity index is 611. The van der Waals surface area contributed by atoms with E-state index in [2.05, 4.69) is 13.8 Å². The summed E-state index contributed by atoms with van der Waals surface area (Å²) >= 11 is 0. The van der Waals surface area contributed by atoms with Crippen LogP contribution in [-0.2, 0) is 9.59 Å². The van der Waals surface area contributed by atoms with Crippen LogP contribution in [0, 0.1) is 12.8 Å². The number of carbonyl (C=O) groups is 2. The molecule has 5 heteroatoms. The molecule has 0 aliphatic carbocycles. The lowest BCUT2D eigenvalue weighted by atomic mass is 9.93. The SMILES string of the molecule is Cc1ccc(C(C)C)c(OCC(=O)N2CC(C(=O)O)CCC2C)c1. The van der Waals surface area contributed by atoms with Gasteiger partial charge in [0, 0.05) is 12.6 Å². The molecule has 1 amide bonds. The van der Waals surface area contributed by atoms with Crippen LogP contribution in [0.25, 0.3) is 0 Å². The summed E-state index contributed by atoms with van der Waals surface area (Å²) in [4.78, 5) is 25.4. The highest BCUT2D eigenvalue weighted by atomic mass is 16.5. The Morgan fingerprint density at radius 1 is 1.33 bits per heavy atom. The van der Waals surface area contributed by atoms with Crippen molar-refractivity contribution < 1.29 is 19.4 Å². The predicted octanol–water partition coefficient (Wildman–Crippen LogP) is 3.21. The number of carboxylic acids is 1. The summed E-state index contributed by atoms with van der Waals surface area (Å²) in [6, 6.07) is 6.07. The van der Waals surface area contributed by atoms with Crippen molar-refractivity contribution in [3.8, 4) is 5.75 Å². The van der Waals surface area contributed by atoms with Crippen LogP contribution in [0.1, 0.15) is 50.7 Å². The van der Waals surface area contributed by atoms with Crippen LogP contribution in [0.5, 0.6) is 5.75 Å². The molecule has 1 aromatic carbocycles. The molecule has 24 heavy (non-hydrogen) atoms. The molecular weight excluding hydrogens is 306 g/mol. The number of likely N-dealkylation sites (tertiary alicyclic amines) is 1. The molecule has 1 fully saturated rings. The Labute approximate surface area is 143 Å². The fourth-order valence-electron chi connectivity index (χ4n) is 3.12. The van der Waals surface area contributed by atoms with Gasteiger partial charge in [-0.2, -0.15) is 0 Å². The van der Waals surface area contributed by atoms with Crippen molar-refractivity contribution in [2.24, 2.45) is 5.92 Å². The lowest BCUT2D eigenvalue weighted by molar-refractivity contribution is -0.147. The molecule has 1 heterocycles. The molecule has 2 unspecified atom stereocenters. The number of benzene rings is 1. The largest absolute Gasteiger partial charge is 0.483 e. The van der Waals surface area contributed by atoms with Gasteiger partial charge >= 0.3 is 5.97 Å². The van der Waals surface area contributed by atoms with E-state index in [1.807, 2.05) is 32.0 Å². The number of aryl methyl sites for hydroxylation is 1. The van der Waals surface area contributed by atoms with Gasteiger partial charge in [0.05, 0.1) is 5.92 Å². The number of ether oxygens (including phenoxy) is 1. The Kier molecular flexibility index (Phi) is 5.86. The zero-order valence-electron chi connectivity index (χ0n) is 14.9. The monoisotopic (exact) mass is 333 g/mol. The van der Waals surface area contributed by atoms with E-state index < -0.39 is 11.9 Å². The quantitative estimate of drug-likeness (QED) is 0.898. The molecule has 1 aliphatic rings. The summed E-state index contributed by atoms with van der Waals surface area (Å²) < 4.78 is 5.80. The molecular formula is C19H27NO4. The summed E-state index contributed by atoms with van der Waals surface area (Å²) in [5.74, 6) is -0.416. The molecule has 0 aromatic heterocycles. The first-order valence-corrected chi connectivity index (χ1v) is 8.55. The van der Waals surface area contributed by atoms with Crippen LogP contribution in [0.15, 0.2) is 18.2 Å². The van der Waals surface area contributed by atoms with E-state index >= 15 is 0 Å². The first-order valence-electron chi connectivity index (χ1n) is 8.55. The van der Waals surface area contributed by atoms with Gasteiger partial charge in [-0.15, -0.1) is 0 Å². The maximum atomic E-state index is 12.5. The number of amides is 1. The van der Waals surface area contributed by atoms with Gasteiger partial charge in [-0.1, -0.05) is 26.0 Å². The lowest BCUT2D eigenvalue weighted by Crippen LogP contribution is -2.49. The standard InChI is InChI=1S/C19H27NO4/c1-12(2)16-8-5-13(3)9-17(16)24-11-18(21)20-10-15(19(22)23)7-6-14(20)4/h5,8-9,12,14-15H,6-7,10-11H2,1-4H3,(H,22,23). The van der Waals surface area contributed by atoms with E-state index in [0.29, 0.717) is 18.8 Å². The summed E-state index contributed by atoms with van der Waals surface area (Å²) in [5.41, 5.74) is 2.16. The Morgan fingerprint density at radius 3 is 2.67 bits per heavy atom. The summed E-state index contributed by atoms with van der Waals surface area (Å²) in [6.07, 6.45) is 1.33. The lowest BCUT2D eigenvalue weighted by Gasteiger charge is -2.36. The minimum atomic E-state index is -0.832. The smallest absolute Gasteiger partial charge is 0.308 e. The predicted molar refractivity (Wildman–Crippen MR) is 92.3 cm³/mol. The average Bonchev–Trinajstić information content (AvgIpc) is 2.52. The van der Waals surface area contributed by atoms with Gasteiger partial charge in [-0.3, -0.25) is 9.59 Å². The van der Waals surface area contributed by atoms with Crippen LogP contribution >= 0.6 is 0 Å². The highest BCUT2D eigenvalue weighted by Crippen LogP contribution is 2.28. The van der Waals surface area contributed by atoms with E-state index in [1.54, 1.807) is 4.90 Å². The van der Waals surface area contributed by atoms with Crippen molar-refractivity contribution in [3.63, 3.8) is 0 Å². The van der Waals surface area contributed by atoms with Gasteiger partial charge in [-0.25, -0.2) is 0 Å². The highest BCUT2D eigenvalue weighted by molar-refractivity contribution is 5.79. The van der Waals surface area contributed by atoms with Crippen molar-refractivity contribution in [2.75, 3.05) is 13.2 Å². The molecule has 1 saturated heterocycles. The second-order valence-corrected chi connectivity index (χ2v) is 6.99. The number of piperidine rings is 1. The number of carboxylic acid groups (broad SMARTS) is 1. The number of hydrogen-bond acceptors (Lipinski definition) is 3. The fourth-order valence-corrected chi connectivity index (χ4v) is 3.12. The van der Waals surface area contributed by atoms with Crippen molar-refractivity contribution >= 4 is 11.9 Å². The van der Waals surface area contributed by atoms with Gasteiger partial charge in [0.2, 0.25) is 0 Å². The molecule has 0 bridgehead atoms. The van der Waals surface area contributed by atoms with Crippen molar-refractivity contribution in [1.82, 2.24) is 4.90 Å². The number of nitrogens with zero attached hydrogens (tertiary/aromatic N) is 1. The minimum absolute atomic E-state index is 0.0544. The zero-order chi connectivity index (χ0) is 17.9. The molecule has 1 N–H and O–H groups in total. The van der Waals surface area contributed by atoms with Crippen LogP contribution in [0.3, 0.4) is 0 Å². The van der Waals surface area contributed by atoms with Gasteiger partial charge in [0.1, 0.15) is 5.75 Å². The topological polar surface area (TPSA) is 66.8 Å². The average molecular weight is 333 g/mol. The second kappa shape index (κ2) is 7.69. The zero-order valence-corrected chi connectivity index (χ0v) is 14.9. The van der Waals surface area contributed by atoms with Crippen LogP contribution in [-0.4, -0.2) is 41.1 Å². The van der Waals surface area contributed by atoms with Crippen LogP contribution in [0.4, 0.5) is 0 Å². The van der Waals surface area contributed by atoms with Crippen molar-refractivity contribution in [3.05, 3.63) is 29.3 Å². The van der Waals surface area contributed by atoms with Crippen molar-refractivity contribution in [1.29, 1.82) is 0 Å². The summed E-state index contributed by atoms with van der Waals surface area (Å²) in [5, 5.41) is 9.19. The van der Waals surface area contributed by atoms with Crippen LogP contribution in [0.2, 0.25) is 0 Å². The number of rotatable bonds is 5. The van der Waals surface area contributed by atoms with Crippen LogP contribution < -0.4 is 4.74 Å². The van der Waals surface area contributed by atoms with Gasteiger partial charge in [0.25, 0.3) is 5.91 Å². The molecule has 5 nitrogen and oxygen atoms in total. The van der Waals surface area contributed by atoms with E-state index in [-0.39, 0.29) is 25.1 Å². The fraction of sp³-hybridized carbons (Fsp3) is 0.579. The van der Waals surface area contributed by atoms with Gasteiger partial charge in [-0.05, 0) is 49.8 Å². The first-order chi connectivity index (χ1) is 11.3. The van der Waals surface area contributed by atoms with E-state index in [1.165, 1.54) is 0 Å². The van der Waals surface area contributed by atoms with E-state index in [9.17, 15) is 14.7 Å². The molecule has 1 aliphatic heterocycles.